The van der Waals surface area contributed by atoms with Gasteiger partial charge >= 0.3 is 0 Å². The van der Waals surface area contributed by atoms with Crippen LogP contribution in [-0.4, -0.2) is 5.91 Å². The zero-order valence-electron chi connectivity index (χ0n) is 13.6. The van der Waals surface area contributed by atoms with Gasteiger partial charge in [0, 0.05) is 20.9 Å². The standard InChI is InChI=1S/C19H19ClN2OS/c1-19(2)10-11(7-8-12-5-3-4-6-14(12)20)9-13-15(17(21)23)18(22)24-16(13)19/h3-9H,10,22H2,1-2H3,(H2,21,23)/b8-7+. The predicted octanol–water partition coefficient (Wildman–Crippen LogP) is 4.86. The zero-order chi connectivity index (χ0) is 17.5. The molecule has 124 valence electrons. The number of fused-ring (bicyclic) bond motifs is 1. The van der Waals surface area contributed by atoms with E-state index in [1.807, 2.05) is 42.5 Å². The molecule has 0 atom stereocenters. The Bertz CT molecular complexity index is 877. The molecule has 0 unspecified atom stereocenters. The number of benzene rings is 1. The number of carbonyl (C=O) groups is 1. The van der Waals surface area contributed by atoms with Gasteiger partial charge in [-0.05, 0) is 29.7 Å². The van der Waals surface area contributed by atoms with Crippen molar-refractivity contribution in [3.63, 3.8) is 0 Å². The number of hydrogen-bond acceptors (Lipinski definition) is 3. The highest BCUT2D eigenvalue weighted by atomic mass is 35.5. The molecule has 5 heteroatoms. The molecule has 24 heavy (non-hydrogen) atoms. The lowest BCUT2D eigenvalue weighted by Gasteiger charge is -2.29. The molecule has 0 spiro atoms. The van der Waals surface area contributed by atoms with Gasteiger partial charge in [0.25, 0.3) is 5.91 Å². The van der Waals surface area contributed by atoms with E-state index in [0.717, 1.165) is 28.0 Å². The Morgan fingerprint density at radius 1 is 1.29 bits per heavy atom. The molecule has 2 aromatic rings. The number of hydrogen-bond donors (Lipinski definition) is 2. The van der Waals surface area contributed by atoms with Crippen LogP contribution in [0.1, 0.15) is 46.6 Å². The van der Waals surface area contributed by atoms with Crippen molar-refractivity contribution in [1.29, 1.82) is 0 Å². The maximum atomic E-state index is 11.8. The van der Waals surface area contributed by atoms with Crippen LogP contribution in [0.3, 0.4) is 0 Å². The van der Waals surface area contributed by atoms with Gasteiger partial charge in [-0.3, -0.25) is 4.79 Å². The van der Waals surface area contributed by atoms with E-state index in [4.69, 9.17) is 23.1 Å². The molecule has 3 rings (SSSR count). The molecule has 0 saturated heterocycles. The van der Waals surface area contributed by atoms with E-state index < -0.39 is 5.91 Å². The fourth-order valence-corrected chi connectivity index (χ4v) is 4.45. The molecule has 0 fully saturated rings. The monoisotopic (exact) mass is 358 g/mol. The molecule has 0 aliphatic heterocycles. The van der Waals surface area contributed by atoms with Gasteiger partial charge in [-0.15, -0.1) is 11.3 Å². The summed E-state index contributed by atoms with van der Waals surface area (Å²) in [5, 5.41) is 1.20. The number of halogens is 1. The third-order valence-corrected chi connectivity index (χ3v) is 5.94. The van der Waals surface area contributed by atoms with Crippen molar-refractivity contribution < 1.29 is 4.79 Å². The van der Waals surface area contributed by atoms with Gasteiger partial charge in [0.1, 0.15) is 0 Å². The quantitative estimate of drug-likeness (QED) is 0.822. The van der Waals surface area contributed by atoms with Gasteiger partial charge in [-0.25, -0.2) is 0 Å². The van der Waals surface area contributed by atoms with Crippen molar-refractivity contribution in [2.24, 2.45) is 5.73 Å². The summed E-state index contributed by atoms with van der Waals surface area (Å²) in [4.78, 5) is 12.9. The first-order valence-corrected chi connectivity index (χ1v) is 8.85. The first-order chi connectivity index (χ1) is 11.3. The van der Waals surface area contributed by atoms with Crippen molar-refractivity contribution in [2.75, 3.05) is 5.73 Å². The summed E-state index contributed by atoms with van der Waals surface area (Å²) in [6, 6.07) is 7.69. The fourth-order valence-electron chi connectivity index (χ4n) is 3.10. The minimum atomic E-state index is -0.478. The SMILES string of the molecule is CC1(C)CC(/C=C/c2ccccc2Cl)=Cc2c1sc(N)c2C(N)=O. The Morgan fingerprint density at radius 3 is 2.67 bits per heavy atom. The summed E-state index contributed by atoms with van der Waals surface area (Å²) in [5.74, 6) is -0.478. The van der Waals surface area contributed by atoms with Crippen LogP contribution >= 0.6 is 22.9 Å². The lowest BCUT2D eigenvalue weighted by atomic mass is 9.77. The number of rotatable bonds is 3. The maximum Gasteiger partial charge on any atom is 0.252 e. The molecule has 1 heterocycles. The van der Waals surface area contributed by atoms with Crippen LogP contribution in [0.25, 0.3) is 12.2 Å². The Kier molecular flexibility index (Phi) is 4.28. The lowest BCUT2D eigenvalue weighted by Crippen LogP contribution is -2.22. The number of carbonyl (C=O) groups excluding carboxylic acids is 1. The van der Waals surface area contributed by atoms with Gasteiger partial charge in [-0.1, -0.05) is 55.8 Å². The van der Waals surface area contributed by atoms with Crippen LogP contribution in [-0.2, 0) is 5.41 Å². The lowest BCUT2D eigenvalue weighted by molar-refractivity contribution is 0.100. The highest BCUT2D eigenvalue weighted by molar-refractivity contribution is 7.16. The Hall–Kier alpha value is -2.04. The highest BCUT2D eigenvalue weighted by Gasteiger charge is 2.33. The molecule has 1 aromatic heterocycles. The molecule has 0 bridgehead atoms. The first kappa shape index (κ1) is 16.8. The largest absolute Gasteiger partial charge is 0.390 e. The molecule has 1 amide bonds. The molecule has 1 aliphatic rings. The fraction of sp³-hybridized carbons (Fsp3) is 0.211. The summed E-state index contributed by atoms with van der Waals surface area (Å²) < 4.78 is 0. The molecule has 0 saturated carbocycles. The second kappa shape index (κ2) is 6.11. The van der Waals surface area contributed by atoms with Crippen LogP contribution in [0.2, 0.25) is 5.02 Å². The van der Waals surface area contributed by atoms with Crippen molar-refractivity contribution >= 4 is 46.0 Å². The van der Waals surface area contributed by atoms with Gasteiger partial charge in [-0.2, -0.15) is 0 Å². The maximum absolute atomic E-state index is 11.8. The van der Waals surface area contributed by atoms with Gasteiger partial charge in [0.15, 0.2) is 0 Å². The molecule has 0 radical (unpaired) electrons. The summed E-state index contributed by atoms with van der Waals surface area (Å²) in [5.41, 5.74) is 14.8. The van der Waals surface area contributed by atoms with E-state index in [2.05, 4.69) is 13.8 Å². The Balaban J connectivity index is 2.05. The molecular formula is C19H19ClN2OS. The van der Waals surface area contributed by atoms with E-state index in [-0.39, 0.29) is 5.41 Å². The van der Waals surface area contributed by atoms with Gasteiger partial charge in [0.05, 0.1) is 10.6 Å². The Labute approximate surface area is 150 Å². The number of anilines is 1. The zero-order valence-corrected chi connectivity index (χ0v) is 15.2. The van der Waals surface area contributed by atoms with E-state index in [9.17, 15) is 4.79 Å². The average molecular weight is 359 g/mol. The molecule has 4 N–H and O–H groups in total. The third kappa shape index (κ3) is 2.99. The number of nitrogen functional groups attached to an aromatic ring is 1. The second-order valence-corrected chi connectivity index (χ2v) is 8.04. The smallest absolute Gasteiger partial charge is 0.252 e. The van der Waals surface area contributed by atoms with E-state index in [1.54, 1.807) is 0 Å². The molecular weight excluding hydrogens is 340 g/mol. The number of allylic oxidation sites excluding steroid dienone is 2. The van der Waals surface area contributed by atoms with E-state index in [0.29, 0.717) is 15.6 Å². The number of amides is 1. The summed E-state index contributed by atoms with van der Waals surface area (Å²) in [6.07, 6.45) is 6.92. The first-order valence-electron chi connectivity index (χ1n) is 7.65. The summed E-state index contributed by atoms with van der Waals surface area (Å²) in [7, 11) is 0. The van der Waals surface area contributed by atoms with Crippen molar-refractivity contribution in [2.45, 2.75) is 25.7 Å². The van der Waals surface area contributed by atoms with Gasteiger partial charge < -0.3 is 11.5 Å². The second-order valence-electron chi connectivity index (χ2n) is 6.58. The molecule has 3 nitrogen and oxygen atoms in total. The number of primary amides is 1. The minimum Gasteiger partial charge on any atom is -0.390 e. The van der Waals surface area contributed by atoms with Gasteiger partial charge in [0.2, 0.25) is 0 Å². The van der Waals surface area contributed by atoms with Crippen molar-refractivity contribution in [3.05, 3.63) is 62.5 Å². The Morgan fingerprint density at radius 2 is 2.00 bits per heavy atom. The average Bonchev–Trinajstić information content (AvgIpc) is 2.83. The van der Waals surface area contributed by atoms with Crippen LogP contribution in [0.5, 0.6) is 0 Å². The topological polar surface area (TPSA) is 69.1 Å². The third-order valence-electron chi connectivity index (χ3n) is 4.19. The van der Waals surface area contributed by atoms with Crippen LogP contribution in [0.4, 0.5) is 5.00 Å². The molecule has 1 aliphatic carbocycles. The normalized spacial score (nSPS) is 16.0. The van der Waals surface area contributed by atoms with Crippen LogP contribution < -0.4 is 11.5 Å². The summed E-state index contributed by atoms with van der Waals surface area (Å²) >= 11 is 7.66. The minimum absolute atomic E-state index is 0.100. The highest BCUT2D eigenvalue weighted by Crippen LogP contribution is 2.46. The van der Waals surface area contributed by atoms with Crippen LogP contribution in [0, 0.1) is 0 Å². The van der Waals surface area contributed by atoms with Crippen molar-refractivity contribution in [3.8, 4) is 0 Å². The van der Waals surface area contributed by atoms with Crippen LogP contribution in [0.15, 0.2) is 35.9 Å². The molecule has 1 aromatic carbocycles. The van der Waals surface area contributed by atoms with E-state index >= 15 is 0 Å². The van der Waals surface area contributed by atoms with E-state index in [1.165, 1.54) is 11.3 Å². The summed E-state index contributed by atoms with van der Waals surface area (Å²) in [6.45, 7) is 4.31. The number of thiophene rings is 1. The van der Waals surface area contributed by atoms with Crippen molar-refractivity contribution in [1.82, 2.24) is 0 Å². The number of nitrogens with two attached hydrogens (primary N) is 2. The predicted molar refractivity (Wildman–Crippen MR) is 103 cm³/mol.